The first-order chi connectivity index (χ1) is 12.3. The number of carbonyl (C=O) groups excluding carboxylic acids is 2. The zero-order valence-electron chi connectivity index (χ0n) is 14.5. The van der Waals surface area contributed by atoms with Crippen LogP contribution in [0.25, 0.3) is 0 Å². The van der Waals surface area contributed by atoms with Crippen LogP contribution in [0.15, 0.2) is 24.3 Å². The molecule has 0 bridgehead atoms. The number of nitrogens with one attached hydrogen (secondary N) is 1. The minimum Gasteiger partial charge on any atom is -0.450 e. The molecule has 1 aromatic carbocycles. The van der Waals surface area contributed by atoms with Crippen molar-refractivity contribution in [1.82, 2.24) is 9.80 Å². The highest BCUT2D eigenvalue weighted by atomic mass is 19.4. The van der Waals surface area contributed by atoms with Gasteiger partial charge in [0.15, 0.2) is 0 Å². The average molecular weight is 373 g/mol. The molecule has 2 amide bonds. The van der Waals surface area contributed by atoms with E-state index in [0.29, 0.717) is 45.0 Å². The van der Waals surface area contributed by atoms with Crippen molar-refractivity contribution in [3.05, 3.63) is 29.8 Å². The van der Waals surface area contributed by atoms with Crippen molar-refractivity contribution in [2.24, 2.45) is 0 Å². The fourth-order valence-corrected chi connectivity index (χ4v) is 2.60. The minimum atomic E-state index is -4.36. The second kappa shape index (κ2) is 8.77. The maximum absolute atomic E-state index is 12.5. The summed E-state index contributed by atoms with van der Waals surface area (Å²) in [6, 6.07) is 4.67. The lowest BCUT2D eigenvalue weighted by Gasteiger charge is -2.34. The summed E-state index contributed by atoms with van der Waals surface area (Å²) in [4.78, 5) is 27.0. The van der Waals surface area contributed by atoms with E-state index in [4.69, 9.17) is 4.74 Å². The zero-order valence-corrected chi connectivity index (χ0v) is 14.5. The molecule has 1 fully saturated rings. The van der Waals surface area contributed by atoms with Crippen molar-refractivity contribution in [1.29, 1.82) is 0 Å². The molecular formula is C17H22F3N3O3. The minimum absolute atomic E-state index is 0.0621. The molecule has 0 radical (unpaired) electrons. The van der Waals surface area contributed by atoms with Gasteiger partial charge in [-0.1, -0.05) is 0 Å². The van der Waals surface area contributed by atoms with Crippen LogP contribution in [-0.2, 0) is 15.7 Å². The monoisotopic (exact) mass is 373 g/mol. The third-order valence-corrected chi connectivity index (χ3v) is 4.04. The summed E-state index contributed by atoms with van der Waals surface area (Å²) >= 11 is 0. The number of halogens is 3. The Kier molecular flexibility index (Phi) is 6.70. The topological polar surface area (TPSA) is 61.9 Å². The lowest BCUT2D eigenvalue weighted by atomic mass is 10.2. The predicted molar refractivity (Wildman–Crippen MR) is 89.7 cm³/mol. The molecule has 1 saturated heterocycles. The van der Waals surface area contributed by atoms with Crippen LogP contribution < -0.4 is 5.32 Å². The molecule has 0 aromatic heterocycles. The fourth-order valence-electron chi connectivity index (χ4n) is 2.60. The van der Waals surface area contributed by atoms with Gasteiger partial charge in [-0.15, -0.1) is 0 Å². The van der Waals surface area contributed by atoms with Crippen LogP contribution in [0.4, 0.5) is 23.7 Å². The lowest BCUT2D eigenvalue weighted by molar-refractivity contribution is -0.137. The molecule has 0 saturated carbocycles. The molecule has 0 unspecified atom stereocenters. The predicted octanol–water partition coefficient (Wildman–Crippen LogP) is 2.81. The molecule has 26 heavy (non-hydrogen) atoms. The summed E-state index contributed by atoms with van der Waals surface area (Å²) in [5, 5.41) is 2.94. The molecule has 0 aliphatic carbocycles. The maximum atomic E-state index is 12.5. The van der Waals surface area contributed by atoms with Crippen molar-refractivity contribution >= 4 is 17.7 Å². The summed E-state index contributed by atoms with van der Waals surface area (Å²) in [5.41, 5.74) is -0.184. The number of ether oxygens (including phenoxy) is 1. The Morgan fingerprint density at radius 1 is 1.08 bits per heavy atom. The second-order valence-corrected chi connectivity index (χ2v) is 5.82. The van der Waals surface area contributed by atoms with E-state index >= 15 is 0 Å². The van der Waals surface area contributed by atoms with Crippen LogP contribution in [0.3, 0.4) is 0 Å². The van der Waals surface area contributed by atoms with Gasteiger partial charge in [0.05, 0.1) is 12.2 Å². The highest BCUT2D eigenvalue weighted by Gasteiger charge is 2.30. The number of rotatable bonds is 5. The van der Waals surface area contributed by atoms with E-state index in [1.54, 1.807) is 16.7 Å². The summed E-state index contributed by atoms with van der Waals surface area (Å²) in [7, 11) is 0. The Labute approximate surface area is 149 Å². The van der Waals surface area contributed by atoms with Gasteiger partial charge < -0.3 is 19.9 Å². The zero-order chi connectivity index (χ0) is 19.2. The number of alkyl halides is 3. The van der Waals surface area contributed by atoms with Crippen molar-refractivity contribution in [2.75, 3.05) is 44.6 Å². The third-order valence-electron chi connectivity index (χ3n) is 4.04. The van der Waals surface area contributed by atoms with Crippen LogP contribution >= 0.6 is 0 Å². The Bertz CT molecular complexity index is 612. The Morgan fingerprint density at radius 3 is 2.19 bits per heavy atom. The molecule has 1 aliphatic heterocycles. The number of amides is 2. The van der Waals surface area contributed by atoms with Gasteiger partial charge in [-0.05, 0) is 31.2 Å². The fraction of sp³-hybridized carbons (Fsp3) is 0.529. The number of carbonyl (C=O) groups is 2. The van der Waals surface area contributed by atoms with Crippen LogP contribution in [-0.4, -0.2) is 61.1 Å². The maximum Gasteiger partial charge on any atom is 0.416 e. The van der Waals surface area contributed by atoms with Gasteiger partial charge >= 0.3 is 12.3 Å². The number of hydrogen-bond acceptors (Lipinski definition) is 4. The molecule has 2 rings (SSSR count). The van der Waals surface area contributed by atoms with E-state index in [0.717, 1.165) is 12.1 Å². The Balaban J connectivity index is 1.72. The van der Waals surface area contributed by atoms with Gasteiger partial charge in [0.1, 0.15) is 0 Å². The van der Waals surface area contributed by atoms with Gasteiger partial charge in [-0.3, -0.25) is 4.79 Å². The van der Waals surface area contributed by atoms with Gasteiger partial charge in [0.2, 0.25) is 5.91 Å². The third kappa shape index (κ3) is 5.53. The van der Waals surface area contributed by atoms with Gasteiger partial charge in [-0.2, -0.15) is 13.2 Å². The SMILES string of the molecule is CCOC(=O)N1CCN(C(=O)CCNc2ccc(C(F)(F)F)cc2)CC1. The van der Waals surface area contributed by atoms with E-state index < -0.39 is 11.7 Å². The normalized spacial score (nSPS) is 14.9. The highest BCUT2D eigenvalue weighted by Crippen LogP contribution is 2.29. The van der Waals surface area contributed by atoms with Crippen molar-refractivity contribution in [3.63, 3.8) is 0 Å². The quantitative estimate of drug-likeness (QED) is 0.862. The molecule has 1 aromatic rings. The van der Waals surface area contributed by atoms with E-state index in [-0.39, 0.29) is 18.4 Å². The van der Waals surface area contributed by atoms with E-state index in [9.17, 15) is 22.8 Å². The molecule has 9 heteroatoms. The number of piperazine rings is 1. The largest absolute Gasteiger partial charge is 0.450 e. The van der Waals surface area contributed by atoms with Gasteiger partial charge in [0.25, 0.3) is 0 Å². The summed E-state index contributed by atoms with van der Waals surface area (Å²) in [6.45, 7) is 4.11. The Hall–Kier alpha value is -2.45. The summed E-state index contributed by atoms with van der Waals surface area (Å²) in [5.74, 6) is -0.0621. The van der Waals surface area contributed by atoms with Crippen molar-refractivity contribution in [3.8, 4) is 0 Å². The first-order valence-electron chi connectivity index (χ1n) is 8.42. The Morgan fingerprint density at radius 2 is 1.65 bits per heavy atom. The molecule has 1 heterocycles. The first kappa shape index (κ1) is 19.9. The molecule has 1 aliphatic rings. The van der Waals surface area contributed by atoms with Crippen molar-refractivity contribution < 1.29 is 27.5 Å². The van der Waals surface area contributed by atoms with Crippen LogP contribution in [0.2, 0.25) is 0 Å². The number of hydrogen-bond donors (Lipinski definition) is 1. The lowest BCUT2D eigenvalue weighted by Crippen LogP contribution is -2.50. The molecule has 0 spiro atoms. The van der Waals surface area contributed by atoms with Gasteiger partial charge in [-0.25, -0.2) is 4.79 Å². The van der Waals surface area contributed by atoms with E-state index in [1.165, 1.54) is 12.1 Å². The molecule has 144 valence electrons. The van der Waals surface area contributed by atoms with E-state index in [1.807, 2.05) is 0 Å². The van der Waals surface area contributed by atoms with Crippen LogP contribution in [0.5, 0.6) is 0 Å². The van der Waals surface area contributed by atoms with Gasteiger partial charge in [0, 0.05) is 44.8 Å². The summed E-state index contributed by atoms with van der Waals surface area (Å²) in [6.07, 6.45) is -4.51. The average Bonchev–Trinajstić information content (AvgIpc) is 2.61. The van der Waals surface area contributed by atoms with Crippen molar-refractivity contribution in [2.45, 2.75) is 19.5 Å². The number of anilines is 1. The molecular weight excluding hydrogens is 351 g/mol. The van der Waals surface area contributed by atoms with Crippen LogP contribution in [0.1, 0.15) is 18.9 Å². The highest BCUT2D eigenvalue weighted by molar-refractivity contribution is 5.77. The first-order valence-corrected chi connectivity index (χ1v) is 8.42. The number of benzene rings is 1. The van der Waals surface area contributed by atoms with Crippen LogP contribution in [0, 0.1) is 0 Å². The summed E-state index contributed by atoms with van der Waals surface area (Å²) < 4.78 is 42.4. The number of nitrogens with zero attached hydrogens (tertiary/aromatic N) is 2. The molecule has 6 nitrogen and oxygen atoms in total. The standard InChI is InChI=1S/C17H22F3N3O3/c1-2-26-16(25)23-11-9-22(10-12-23)15(24)7-8-21-14-5-3-13(4-6-14)17(18,19)20/h3-6,21H,2,7-12H2,1H3. The second-order valence-electron chi connectivity index (χ2n) is 5.82. The van der Waals surface area contributed by atoms with E-state index in [2.05, 4.69) is 5.32 Å². The molecule has 1 N–H and O–H groups in total. The smallest absolute Gasteiger partial charge is 0.416 e. The molecule has 0 atom stereocenters.